The fourth-order valence-corrected chi connectivity index (χ4v) is 1.83. The Bertz CT molecular complexity index is 421. The van der Waals surface area contributed by atoms with Gasteiger partial charge in [-0.15, -0.1) is 0 Å². The second kappa shape index (κ2) is 4.81. The molecule has 0 radical (unpaired) electrons. The van der Waals surface area contributed by atoms with E-state index < -0.39 is 30.3 Å². The molecule has 1 aliphatic heterocycles. The molecule has 0 spiro atoms. The maximum absolute atomic E-state index is 13.6. The lowest BCUT2D eigenvalue weighted by Gasteiger charge is -2.15. The zero-order valence-electron chi connectivity index (χ0n) is 9.55. The molecule has 0 aliphatic carbocycles. The van der Waals surface area contributed by atoms with Gasteiger partial charge < -0.3 is 14.2 Å². The zero-order chi connectivity index (χ0) is 12.4. The summed E-state index contributed by atoms with van der Waals surface area (Å²) in [5.41, 5.74) is 0.298. The lowest BCUT2D eigenvalue weighted by Crippen LogP contribution is -2.27. The van der Waals surface area contributed by atoms with Crippen molar-refractivity contribution in [3.05, 3.63) is 35.6 Å². The van der Waals surface area contributed by atoms with Crippen LogP contribution in [0.2, 0.25) is 0 Å². The van der Waals surface area contributed by atoms with Gasteiger partial charge >= 0.3 is 5.97 Å². The minimum Gasteiger partial charge on any atom is -0.467 e. The molecule has 92 valence electrons. The van der Waals surface area contributed by atoms with Crippen LogP contribution in [-0.4, -0.2) is 25.5 Å². The molecule has 1 saturated heterocycles. The van der Waals surface area contributed by atoms with E-state index in [1.165, 1.54) is 13.2 Å². The number of esters is 1. The number of hydrogen-bond donors (Lipinski definition) is 0. The van der Waals surface area contributed by atoms with Gasteiger partial charge in [-0.1, -0.05) is 18.2 Å². The third-order valence-corrected chi connectivity index (χ3v) is 2.60. The van der Waals surface area contributed by atoms with Crippen LogP contribution in [0.5, 0.6) is 0 Å². The normalized spacial score (nSPS) is 28.1. The average molecular weight is 240 g/mol. The topological polar surface area (TPSA) is 44.8 Å². The Labute approximate surface area is 98.3 Å². The Balaban J connectivity index is 2.30. The zero-order valence-corrected chi connectivity index (χ0v) is 9.55. The summed E-state index contributed by atoms with van der Waals surface area (Å²) in [6, 6.07) is 6.14. The molecule has 0 aromatic heterocycles. The number of methoxy groups -OCH3 is 1. The summed E-state index contributed by atoms with van der Waals surface area (Å²) in [7, 11) is 1.26. The quantitative estimate of drug-likeness (QED) is 0.739. The highest BCUT2D eigenvalue weighted by Crippen LogP contribution is 2.34. The van der Waals surface area contributed by atoms with Crippen LogP contribution in [0.3, 0.4) is 0 Å². The first-order chi connectivity index (χ1) is 8.13. The van der Waals surface area contributed by atoms with Gasteiger partial charge in [0.2, 0.25) is 0 Å². The van der Waals surface area contributed by atoms with E-state index in [1.54, 1.807) is 25.1 Å². The molecule has 0 amide bonds. The molecule has 0 unspecified atom stereocenters. The van der Waals surface area contributed by atoms with Gasteiger partial charge in [0.25, 0.3) is 0 Å². The van der Waals surface area contributed by atoms with Gasteiger partial charge in [-0.2, -0.15) is 0 Å². The maximum Gasteiger partial charge on any atom is 0.338 e. The largest absolute Gasteiger partial charge is 0.467 e. The van der Waals surface area contributed by atoms with Gasteiger partial charge in [-0.3, -0.25) is 0 Å². The third kappa shape index (κ3) is 2.30. The number of ether oxygens (including phenoxy) is 3. The van der Waals surface area contributed by atoms with Gasteiger partial charge in [-0.05, 0) is 13.0 Å². The second-order valence-corrected chi connectivity index (χ2v) is 3.73. The summed E-state index contributed by atoms with van der Waals surface area (Å²) in [5, 5.41) is 0. The molecule has 1 aromatic carbocycles. The fourth-order valence-electron chi connectivity index (χ4n) is 1.83. The lowest BCUT2D eigenvalue weighted by atomic mass is 10.0. The molecule has 1 aromatic rings. The molecular formula is C12H13FO4. The van der Waals surface area contributed by atoms with E-state index in [9.17, 15) is 9.18 Å². The van der Waals surface area contributed by atoms with Crippen LogP contribution in [0.1, 0.15) is 18.6 Å². The van der Waals surface area contributed by atoms with E-state index in [4.69, 9.17) is 9.47 Å². The first kappa shape index (κ1) is 12.0. The van der Waals surface area contributed by atoms with Crippen LogP contribution in [0.4, 0.5) is 4.39 Å². The lowest BCUT2D eigenvalue weighted by molar-refractivity contribution is -0.153. The smallest absolute Gasteiger partial charge is 0.338 e. The van der Waals surface area contributed by atoms with E-state index in [2.05, 4.69) is 4.74 Å². The van der Waals surface area contributed by atoms with Crippen LogP contribution < -0.4 is 0 Å². The Morgan fingerprint density at radius 2 is 2.06 bits per heavy atom. The summed E-state index contributed by atoms with van der Waals surface area (Å²) < 4.78 is 28.9. The van der Waals surface area contributed by atoms with E-state index >= 15 is 0 Å². The summed E-state index contributed by atoms with van der Waals surface area (Å²) in [4.78, 5) is 11.5. The predicted octanol–water partition coefficient (Wildman–Crippen LogP) is 1.80. The van der Waals surface area contributed by atoms with Gasteiger partial charge in [0, 0.05) is 5.56 Å². The van der Waals surface area contributed by atoms with Crippen molar-refractivity contribution in [2.45, 2.75) is 25.4 Å². The van der Waals surface area contributed by atoms with Gasteiger partial charge in [0.1, 0.15) is 11.9 Å². The third-order valence-electron chi connectivity index (χ3n) is 2.60. The Hall–Kier alpha value is -1.46. The van der Waals surface area contributed by atoms with Crippen LogP contribution in [0.15, 0.2) is 24.3 Å². The number of hydrogen-bond acceptors (Lipinski definition) is 4. The Morgan fingerprint density at radius 3 is 2.71 bits per heavy atom. The molecule has 4 nitrogen and oxygen atoms in total. The molecular weight excluding hydrogens is 227 g/mol. The predicted molar refractivity (Wildman–Crippen MR) is 56.6 cm³/mol. The van der Waals surface area contributed by atoms with Crippen LogP contribution >= 0.6 is 0 Å². The highest BCUT2D eigenvalue weighted by molar-refractivity contribution is 5.76. The minimum atomic E-state index is -0.924. The van der Waals surface area contributed by atoms with Crippen molar-refractivity contribution in [3.8, 4) is 0 Å². The van der Waals surface area contributed by atoms with Crippen LogP contribution in [0, 0.1) is 5.82 Å². The number of halogens is 1. The molecule has 1 aliphatic rings. The number of rotatable bonds is 2. The second-order valence-electron chi connectivity index (χ2n) is 3.73. The van der Waals surface area contributed by atoms with Gasteiger partial charge in [-0.25, -0.2) is 9.18 Å². The Kier molecular flexibility index (Phi) is 3.40. The summed E-state index contributed by atoms with van der Waals surface area (Å²) in [5.74, 6) is -0.994. The number of benzene rings is 1. The SMILES string of the molecule is COC(=O)[C@@H]1O[C@H](C)O[C@@H]1c1ccccc1F. The first-order valence-electron chi connectivity index (χ1n) is 5.26. The minimum absolute atomic E-state index is 0.298. The number of carbonyl (C=O) groups excluding carboxylic acids is 1. The van der Waals surface area contributed by atoms with Crippen molar-refractivity contribution in [1.29, 1.82) is 0 Å². The van der Waals surface area contributed by atoms with E-state index in [-0.39, 0.29) is 0 Å². The van der Waals surface area contributed by atoms with Crippen LogP contribution in [-0.2, 0) is 19.0 Å². The van der Waals surface area contributed by atoms with E-state index in [1.807, 2.05) is 0 Å². The molecule has 0 N–H and O–H groups in total. The summed E-state index contributed by atoms with van der Waals surface area (Å²) >= 11 is 0. The molecule has 5 heteroatoms. The van der Waals surface area contributed by atoms with Crippen molar-refractivity contribution < 1.29 is 23.4 Å². The number of carbonyl (C=O) groups is 1. The van der Waals surface area contributed by atoms with Crippen molar-refractivity contribution in [3.63, 3.8) is 0 Å². The first-order valence-corrected chi connectivity index (χ1v) is 5.26. The molecule has 3 atom stereocenters. The molecule has 0 saturated carbocycles. The maximum atomic E-state index is 13.6. The fraction of sp³-hybridized carbons (Fsp3) is 0.417. The molecule has 1 fully saturated rings. The summed E-state index contributed by atoms with van der Waals surface area (Å²) in [6.45, 7) is 1.65. The van der Waals surface area contributed by atoms with Crippen molar-refractivity contribution in [2.75, 3.05) is 7.11 Å². The van der Waals surface area contributed by atoms with E-state index in [0.717, 1.165) is 0 Å². The molecule has 17 heavy (non-hydrogen) atoms. The van der Waals surface area contributed by atoms with Crippen molar-refractivity contribution >= 4 is 5.97 Å². The van der Waals surface area contributed by atoms with Gasteiger partial charge in [0.05, 0.1) is 7.11 Å². The molecule has 0 bridgehead atoms. The highest BCUT2D eigenvalue weighted by Gasteiger charge is 2.41. The Morgan fingerprint density at radius 1 is 1.35 bits per heavy atom. The average Bonchev–Trinajstić information content (AvgIpc) is 2.71. The van der Waals surface area contributed by atoms with Gasteiger partial charge in [0.15, 0.2) is 12.4 Å². The van der Waals surface area contributed by atoms with Crippen molar-refractivity contribution in [1.82, 2.24) is 0 Å². The van der Waals surface area contributed by atoms with Crippen molar-refractivity contribution in [2.24, 2.45) is 0 Å². The highest BCUT2D eigenvalue weighted by atomic mass is 19.1. The van der Waals surface area contributed by atoms with E-state index in [0.29, 0.717) is 5.56 Å². The standard InChI is InChI=1S/C12H13FO4/c1-7-16-10(11(17-7)12(14)15-2)8-5-3-4-6-9(8)13/h3-7,10-11H,1-2H3/t7-,10-,11-/m1/s1. The summed E-state index contributed by atoms with van der Waals surface area (Å²) in [6.07, 6.45) is -2.26. The van der Waals surface area contributed by atoms with Crippen LogP contribution in [0.25, 0.3) is 0 Å². The molecule has 2 rings (SSSR count). The monoisotopic (exact) mass is 240 g/mol. The molecule has 1 heterocycles.